The van der Waals surface area contributed by atoms with Gasteiger partial charge in [0.2, 0.25) is 5.95 Å². The highest BCUT2D eigenvalue weighted by molar-refractivity contribution is 9.10. The third-order valence-corrected chi connectivity index (χ3v) is 5.22. The summed E-state index contributed by atoms with van der Waals surface area (Å²) in [5.74, 6) is 0.173. The fraction of sp³-hybridized carbons (Fsp3) is 0.267. The zero-order chi connectivity index (χ0) is 16.0. The molecule has 0 amide bonds. The molecule has 7 heteroatoms. The van der Waals surface area contributed by atoms with Gasteiger partial charge in [-0.25, -0.2) is 4.98 Å². The Morgan fingerprint density at radius 3 is 2.68 bits per heavy atom. The first kappa shape index (κ1) is 15.2. The molecular weight excluding hydrogens is 366 g/mol. The first-order chi connectivity index (χ1) is 10.4. The lowest BCUT2D eigenvalue weighted by atomic mass is 10.1. The van der Waals surface area contributed by atoms with Gasteiger partial charge in [0.05, 0.1) is 17.6 Å². The van der Waals surface area contributed by atoms with E-state index in [2.05, 4.69) is 30.9 Å². The molecule has 0 unspecified atom stereocenters. The van der Waals surface area contributed by atoms with Crippen molar-refractivity contribution in [1.82, 2.24) is 19.5 Å². The molecule has 0 saturated heterocycles. The van der Waals surface area contributed by atoms with Crippen LogP contribution in [0, 0.1) is 20.8 Å². The van der Waals surface area contributed by atoms with Crippen molar-refractivity contribution in [3.8, 4) is 0 Å². The predicted molar refractivity (Wildman–Crippen MR) is 92.2 cm³/mol. The van der Waals surface area contributed by atoms with Gasteiger partial charge < -0.3 is 10.3 Å². The van der Waals surface area contributed by atoms with Crippen LogP contribution in [0.1, 0.15) is 22.4 Å². The van der Waals surface area contributed by atoms with Gasteiger partial charge in [-0.2, -0.15) is 4.98 Å². The number of aromatic nitrogens is 4. The third-order valence-electron chi connectivity index (χ3n) is 3.72. The molecule has 0 aliphatic heterocycles. The fourth-order valence-electron chi connectivity index (χ4n) is 2.54. The minimum atomic E-state index is 0.173. The number of pyridine rings is 1. The minimum absolute atomic E-state index is 0.173. The van der Waals surface area contributed by atoms with Crippen LogP contribution >= 0.6 is 27.5 Å². The number of fused-ring (bicyclic) bond motifs is 1. The van der Waals surface area contributed by atoms with Gasteiger partial charge in [-0.3, -0.25) is 4.98 Å². The molecule has 22 heavy (non-hydrogen) atoms. The Kier molecular flexibility index (Phi) is 3.82. The molecule has 0 aliphatic carbocycles. The molecule has 0 spiro atoms. The standard InChI is InChI=1S/C15H15BrClN5/c1-7-4-19-10(9(3)12(7)16)6-22-5-8(2)11-13(17)20-15(18)21-14(11)22/h4-5H,6H2,1-3H3,(H2,18,20,21). The number of anilines is 1. The molecule has 0 atom stereocenters. The molecule has 114 valence electrons. The van der Waals surface area contributed by atoms with Crippen molar-refractivity contribution >= 4 is 44.5 Å². The quantitative estimate of drug-likeness (QED) is 0.687. The lowest BCUT2D eigenvalue weighted by Crippen LogP contribution is -2.06. The van der Waals surface area contributed by atoms with E-state index in [1.54, 1.807) is 0 Å². The summed E-state index contributed by atoms with van der Waals surface area (Å²) in [7, 11) is 0. The van der Waals surface area contributed by atoms with Crippen molar-refractivity contribution < 1.29 is 0 Å². The normalized spacial score (nSPS) is 11.3. The van der Waals surface area contributed by atoms with Crippen LogP contribution in [0.4, 0.5) is 5.95 Å². The lowest BCUT2D eigenvalue weighted by molar-refractivity contribution is 0.785. The number of hydrogen-bond acceptors (Lipinski definition) is 4. The summed E-state index contributed by atoms with van der Waals surface area (Å²) in [6, 6.07) is 0. The van der Waals surface area contributed by atoms with E-state index in [0.29, 0.717) is 11.7 Å². The van der Waals surface area contributed by atoms with Gasteiger partial charge in [-0.05, 0) is 37.5 Å². The fourth-order valence-corrected chi connectivity index (χ4v) is 3.19. The van der Waals surface area contributed by atoms with E-state index in [0.717, 1.165) is 37.9 Å². The van der Waals surface area contributed by atoms with Gasteiger partial charge in [0.1, 0.15) is 10.8 Å². The van der Waals surface area contributed by atoms with Crippen molar-refractivity contribution in [2.24, 2.45) is 0 Å². The Bertz CT molecular complexity index is 888. The monoisotopic (exact) mass is 379 g/mol. The summed E-state index contributed by atoms with van der Waals surface area (Å²) < 4.78 is 3.09. The summed E-state index contributed by atoms with van der Waals surface area (Å²) in [4.78, 5) is 12.9. The average Bonchev–Trinajstić information content (AvgIpc) is 2.76. The highest BCUT2D eigenvalue weighted by Crippen LogP contribution is 2.28. The summed E-state index contributed by atoms with van der Waals surface area (Å²) in [5, 5.41) is 1.22. The first-order valence-electron chi connectivity index (χ1n) is 6.77. The van der Waals surface area contributed by atoms with Crippen molar-refractivity contribution in [2.75, 3.05) is 5.73 Å². The number of aryl methyl sites for hydroxylation is 2. The van der Waals surface area contributed by atoms with Crippen molar-refractivity contribution in [3.63, 3.8) is 0 Å². The van der Waals surface area contributed by atoms with Crippen molar-refractivity contribution in [2.45, 2.75) is 27.3 Å². The second kappa shape index (κ2) is 5.52. The number of rotatable bonds is 2. The van der Waals surface area contributed by atoms with Crippen LogP contribution in [0.15, 0.2) is 16.9 Å². The maximum absolute atomic E-state index is 6.19. The predicted octanol–water partition coefficient (Wildman–Crippen LogP) is 3.80. The number of nitrogens with two attached hydrogens (primary N) is 1. The molecule has 0 aliphatic rings. The zero-order valence-corrected chi connectivity index (χ0v) is 14.8. The van der Waals surface area contributed by atoms with E-state index < -0.39 is 0 Å². The average molecular weight is 381 g/mol. The molecule has 3 aromatic rings. The Balaban J connectivity index is 2.14. The lowest BCUT2D eigenvalue weighted by Gasteiger charge is -2.10. The Morgan fingerprint density at radius 1 is 1.23 bits per heavy atom. The van der Waals surface area contributed by atoms with Gasteiger partial charge in [0.15, 0.2) is 0 Å². The van der Waals surface area contributed by atoms with Gasteiger partial charge in [0.25, 0.3) is 0 Å². The Labute approximate surface area is 141 Å². The van der Waals surface area contributed by atoms with Crippen molar-refractivity contribution in [3.05, 3.63) is 44.4 Å². The molecule has 3 aromatic heterocycles. The van der Waals surface area contributed by atoms with Crippen LogP contribution in [0.2, 0.25) is 5.15 Å². The second-order valence-corrected chi connectivity index (χ2v) is 6.49. The molecule has 0 radical (unpaired) electrons. The van der Waals surface area contributed by atoms with Gasteiger partial charge >= 0.3 is 0 Å². The summed E-state index contributed by atoms with van der Waals surface area (Å²) >= 11 is 9.80. The molecule has 3 rings (SSSR count). The molecule has 0 fully saturated rings. The summed E-state index contributed by atoms with van der Waals surface area (Å²) in [5.41, 5.74) is 10.7. The SMILES string of the molecule is Cc1cnc(Cn2cc(C)c3c(Cl)nc(N)nc32)c(C)c1Br. The molecule has 3 heterocycles. The molecule has 0 bridgehead atoms. The molecule has 2 N–H and O–H groups in total. The maximum Gasteiger partial charge on any atom is 0.223 e. The number of halogens is 2. The van der Waals surface area contributed by atoms with Crippen LogP contribution in [0.5, 0.6) is 0 Å². The van der Waals surface area contributed by atoms with Crippen LogP contribution in [-0.4, -0.2) is 19.5 Å². The number of nitrogens with zero attached hydrogens (tertiary/aromatic N) is 4. The zero-order valence-electron chi connectivity index (χ0n) is 12.5. The van der Waals surface area contributed by atoms with E-state index in [9.17, 15) is 0 Å². The Morgan fingerprint density at radius 2 is 1.95 bits per heavy atom. The van der Waals surface area contributed by atoms with Crippen LogP contribution in [0.3, 0.4) is 0 Å². The van der Waals surface area contributed by atoms with E-state index in [-0.39, 0.29) is 5.95 Å². The van der Waals surface area contributed by atoms with Gasteiger partial charge in [0, 0.05) is 16.9 Å². The Hall–Kier alpha value is -1.66. The van der Waals surface area contributed by atoms with E-state index >= 15 is 0 Å². The van der Waals surface area contributed by atoms with Crippen LogP contribution in [-0.2, 0) is 6.54 Å². The summed E-state index contributed by atoms with van der Waals surface area (Å²) in [6.45, 7) is 6.66. The molecular formula is C15H15BrClN5. The molecule has 5 nitrogen and oxygen atoms in total. The van der Waals surface area contributed by atoms with Gasteiger partial charge in [-0.15, -0.1) is 0 Å². The number of hydrogen-bond donors (Lipinski definition) is 1. The third kappa shape index (κ3) is 2.46. The highest BCUT2D eigenvalue weighted by Gasteiger charge is 2.15. The first-order valence-corrected chi connectivity index (χ1v) is 7.94. The van der Waals surface area contributed by atoms with Crippen LogP contribution < -0.4 is 5.73 Å². The topological polar surface area (TPSA) is 69.6 Å². The smallest absolute Gasteiger partial charge is 0.223 e. The molecule has 0 saturated carbocycles. The summed E-state index contributed by atoms with van der Waals surface area (Å²) in [6.07, 6.45) is 3.86. The van der Waals surface area contributed by atoms with E-state index in [4.69, 9.17) is 17.3 Å². The van der Waals surface area contributed by atoms with E-state index in [1.807, 2.05) is 37.7 Å². The largest absolute Gasteiger partial charge is 0.368 e. The van der Waals surface area contributed by atoms with Crippen LogP contribution in [0.25, 0.3) is 11.0 Å². The minimum Gasteiger partial charge on any atom is -0.368 e. The molecule has 0 aromatic carbocycles. The second-order valence-electron chi connectivity index (χ2n) is 5.34. The van der Waals surface area contributed by atoms with Gasteiger partial charge in [-0.1, -0.05) is 27.5 Å². The maximum atomic E-state index is 6.19. The highest BCUT2D eigenvalue weighted by atomic mass is 79.9. The van der Waals surface area contributed by atoms with Crippen molar-refractivity contribution in [1.29, 1.82) is 0 Å². The van der Waals surface area contributed by atoms with E-state index in [1.165, 1.54) is 0 Å². The number of nitrogen functional groups attached to an aromatic ring is 1.